The van der Waals surface area contributed by atoms with Crippen molar-refractivity contribution in [3.63, 3.8) is 0 Å². The van der Waals surface area contributed by atoms with Gasteiger partial charge in [0.05, 0.1) is 11.0 Å². The van der Waals surface area contributed by atoms with Gasteiger partial charge in [0, 0.05) is 57.3 Å². The minimum Gasteiger partial charge on any atom is -0.385 e. The van der Waals surface area contributed by atoms with E-state index in [9.17, 15) is 9.59 Å². The van der Waals surface area contributed by atoms with Crippen LogP contribution in [0, 0.1) is 0 Å². The SMILES string of the molecule is COCCCn1c([C@@H]2CCCN(C(=O)C[C@@H](N)Cc3ccccc3C(N)=O)C2)nc2ccccc21. The van der Waals surface area contributed by atoms with Crippen molar-refractivity contribution in [3.05, 3.63) is 65.5 Å². The van der Waals surface area contributed by atoms with Crippen LogP contribution < -0.4 is 11.5 Å². The zero-order valence-electron chi connectivity index (χ0n) is 20.4. The molecule has 2 atom stereocenters. The maximum absolute atomic E-state index is 13.2. The van der Waals surface area contributed by atoms with Gasteiger partial charge in [-0.15, -0.1) is 0 Å². The quantitative estimate of drug-likeness (QED) is 0.436. The molecule has 1 aliphatic rings. The zero-order valence-corrected chi connectivity index (χ0v) is 20.4. The fourth-order valence-electron chi connectivity index (χ4n) is 5.07. The van der Waals surface area contributed by atoms with Crippen LogP contribution in [0.15, 0.2) is 48.5 Å². The van der Waals surface area contributed by atoms with E-state index in [1.807, 2.05) is 35.2 Å². The molecule has 8 nitrogen and oxygen atoms in total. The molecule has 0 unspecified atom stereocenters. The molecule has 1 fully saturated rings. The molecule has 0 aliphatic carbocycles. The van der Waals surface area contributed by atoms with Gasteiger partial charge in [-0.25, -0.2) is 4.98 Å². The molecule has 1 saturated heterocycles. The second-order valence-corrected chi connectivity index (χ2v) is 9.33. The van der Waals surface area contributed by atoms with Crippen LogP contribution in [0.5, 0.6) is 0 Å². The Labute approximate surface area is 206 Å². The number of piperidine rings is 1. The van der Waals surface area contributed by atoms with Gasteiger partial charge in [0.15, 0.2) is 0 Å². The fourth-order valence-corrected chi connectivity index (χ4v) is 5.07. The first-order valence-corrected chi connectivity index (χ1v) is 12.3. The lowest BCUT2D eigenvalue weighted by atomic mass is 9.95. The molecule has 2 heterocycles. The standard InChI is InChI=1S/C27H35N5O3/c1-35-15-7-14-32-24-12-5-4-11-23(24)30-27(32)20-9-6-13-31(18-20)25(33)17-21(28)16-19-8-2-3-10-22(19)26(29)34/h2-5,8,10-12,20-21H,6-7,9,13-18,28H2,1H3,(H2,29,34)/t20-,21+/m1/s1. The van der Waals surface area contributed by atoms with Gasteiger partial charge in [0.2, 0.25) is 11.8 Å². The Kier molecular flexibility index (Phi) is 8.15. The molecule has 0 saturated carbocycles. The predicted molar refractivity (Wildman–Crippen MR) is 136 cm³/mol. The van der Waals surface area contributed by atoms with Crippen LogP contribution in [0.2, 0.25) is 0 Å². The number of nitrogens with zero attached hydrogens (tertiary/aromatic N) is 3. The van der Waals surface area contributed by atoms with Crippen molar-refractivity contribution in [2.45, 2.75) is 50.6 Å². The van der Waals surface area contributed by atoms with Crippen LogP contribution in [-0.4, -0.2) is 59.1 Å². The molecular formula is C27H35N5O3. The monoisotopic (exact) mass is 477 g/mol. The number of ether oxygens (including phenoxy) is 1. The number of likely N-dealkylation sites (tertiary alicyclic amines) is 1. The average molecular weight is 478 g/mol. The van der Waals surface area contributed by atoms with Crippen molar-refractivity contribution in [2.75, 3.05) is 26.8 Å². The minimum atomic E-state index is -0.480. The maximum atomic E-state index is 13.2. The zero-order chi connectivity index (χ0) is 24.8. The lowest BCUT2D eigenvalue weighted by Crippen LogP contribution is -2.42. The van der Waals surface area contributed by atoms with Crippen LogP contribution in [0.3, 0.4) is 0 Å². The molecule has 0 radical (unpaired) electrons. The van der Waals surface area contributed by atoms with E-state index in [1.165, 1.54) is 0 Å². The van der Waals surface area contributed by atoms with Crippen molar-refractivity contribution in [2.24, 2.45) is 11.5 Å². The first-order chi connectivity index (χ1) is 17.0. The highest BCUT2D eigenvalue weighted by atomic mass is 16.5. The highest BCUT2D eigenvalue weighted by Crippen LogP contribution is 2.30. The Morgan fingerprint density at radius 1 is 1.17 bits per heavy atom. The molecule has 1 aliphatic heterocycles. The number of aromatic nitrogens is 2. The summed E-state index contributed by atoms with van der Waals surface area (Å²) in [5.74, 6) is 0.779. The molecular weight excluding hydrogens is 442 g/mol. The summed E-state index contributed by atoms with van der Waals surface area (Å²) in [7, 11) is 1.72. The number of primary amides is 1. The normalized spacial score (nSPS) is 17.0. The Balaban J connectivity index is 1.45. The average Bonchev–Trinajstić information content (AvgIpc) is 3.23. The van der Waals surface area contributed by atoms with Crippen molar-refractivity contribution in [1.82, 2.24) is 14.5 Å². The number of carbonyl (C=O) groups is 2. The largest absolute Gasteiger partial charge is 0.385 e. The number of aryl methyl sites for hydroxylation is 1. The highest BCUT2D eigenvalue weighted by Gasteiger charge is 2.29. The molecule has 8 heteroatoms. The third kappa shape index (κ3) is 5.89. The van der Waals surface area contributed by atoms with Crippen molar-refractivity contribution in [1.29, 1.82) is 0 Å². The van der Waals surface area contributed by atoms with E-state index in [0.717, 1.165) is 54.8 Å². The number of hydrogen-bond acceptors (Lipinski definition) is 5. The van der Waals surface area contributed by atoms with E-state index in [1.54, 1.807) is 19.2 Å². The number of para-hydroxylation sites is 2. The van der Waals surface area contributed by atoms with Crippen LogP contribution in [-0.2, 0) is 22.5 Å². The lowest BCUT2D eigenvalue weighted by Gasteiger charge is -2.33. The number of fused-ring (bicyclic) bond motifs is 1. The molecule has 2 amide bonds. The van der Waals surface area contributed by atoms with E-state index in [4.69, 9.17) is 21.2 Å². The molecule has 186 valence electrons. The molecule has 4 N–H and O–H groups in total. The summed E-state index contributed by atoms with van der Waals surface area (Å²) in [6.07, 6.45) is 3.48. The van der Waals surface area contributed by atoms with Crippen molar-refractivity contribution in [3.8, 4) is 0 Å². The number of hydrogen-bond donors (Lipinski definition) is 2. The Hall–Kier alpha value is -3.23. The summed E-state index contributed by atoms with van der Waals surface area (Å²) < 4.78 is 7.55. The molecule has 1 aromatic heterocycles. The van der Waals surface area contributed by atoms with Gasteiger partial charge in [0.25, 0.3) is 0 Å². The van der Waals surface area contributed by atoms with E-state index < -0.39 is 5.91 Å². The Bertz CT molecular complexity index is 1170. The van der Waals surface area contributed by atoms with E-state index >= 15 is 0 Å². The van der Waals surface area contributed by atoms with Crippen LogP contribution in [0.4, 0.5) is 0 Å². The summed E-state index contributed by atoms with van der Waals surface area (Å²) in [5, 5.41) is 0. The maximum Gasteiger partial charge on any atom is 0.248 e. The number of methoxy groups -OCH3 is 1. The second kappa shape index (κ2) is 11.5. The van der Waals surface area contributed by atoms with Crippen LogP contribution in [0.1, 0.15) is 53.3 Å². The van der Waals surface area contributed by atoms with E-state index in [-0.39, 0.29) is 24.3 Å². The molecule has 0 spiro atoms. The van der Waals surface area contributed by atoms with Crippen molar-refractivity contribution < 1.29 is 14.3 Å². The van der Waals surface area contributed by atoms with E-state index in [0.29, 0.717) is 25.1 Å². The second-order valence-electron chi connectivity index (χ2n) is 9.33. The molecule has 2 aromatic carbocycles. The van der Waals surface area contributed by atoms with E-state index in [2.05, 4.69) is 10.6 Å². The molecule has 3 aromatic rings. The van der Waals surface area contributed by atoms with Crippen LogP contribution >= 0.6 is 0 Å². The number of imidazole rings is 1. The number of nitrogens with two attached hydrogens (primary N) is 2. The number of benzene rings is 2. The Morgan fingerprint density at radius 3 is 2.74 bits per heavy atom. The molecule has 0 bridgehead atoms. The third-order valence-corrected chi connectivity index (χ3v) is 6.76. The summed E-state index contributed by atoms with van der Waals surface area (Å²) in [4.78, 5) is 31.8. The smallest absolute Gasteiger partial charge is 0.248 e. The minimum absolute atomic E-state index is 0.0424. The van der Waals surface area contributed by atoms with Gasteiger partial charge in [-0.05, 0) is 49.4 Å². The first kappa shape index (κ1) is 24.9. The van der Waals surface area contributed by atoms with Crippen molar-refractivity contribution >= 4 is 22.8 Å². The highest BCUT2D eigenvalue weighted by molar-refractivity contribution is 5.94. The lowest BCUT2D eigenvalue weighted by molar-refractivity contribution is -0.132. The molecule has 4 rings (SSSR count). The summed E-state index contributed by atoms with van der Waals surface area (Å²) in [6.45, 7) is 2.89. The summed E-state index contributed by atoms with van der Waals surface area (Å²) >= 11 is 0. The number of rotatable bonds is 10. The van der Waals surface area contributed by atoms with Gasteiger partial charge in [-0.1, -0.05) is 30.3 Å². The third-order valence-electron chi connectivity index (χ3n) is 6.76. The fraction of sp³-hybridized carbons (Fsp3) is 0.444. The van der Waals surface area contributed by atoms with Gasteiger partial charge in [-0.3, -0.25) is 9.59 Å². The predicted octanol–water partition coefficient (Wildman–Crippen LogP) is 2.84. The van der Waals surface area contributed by atoms with Gasteiger partial charge in [0.1, 0.15) is 5.82 Å². The number of amides is 2. The van der Waals surface area contributed by atoms with Crippen LogP contribution in [0.25, 0.3) is 11.0 Å². The van der Waals surface area contributed by atoms with Gasteiger partial charge in [-0.2, -0.15) is 0 Å². The summed E-state index contributed by atoms with van der Waals surface area (Å²) in [6, 6.07) is 15.0. The first-order valence-electron chi connectivity index (χ1n) is 12.3. The number of carbonyl (C=O) groups excluding carboxylic acids is 2. The molecule has 35 heavy (non-hydrogen) atoms. The Morgan fingerprint density at radius 2 is 1.94 bits per heavy atom. The van der Waals surface area contributed by atoms with Gasteiger partial charge < -0.3 is 25.7 Å². The summed E-state index contributed by atoms with van der Waals surface area (Å²) in [5.41, 5.74) is 15.2. The topological polar surface area (TPSA) is 116 Å². The van der Waals surface area contributed by atoms with Gasteiger partial charge >= 0.3 is 0 Å².